The van der Waals surface area contributed by atoms with Gasteiger partial charge in [-0.15, -0.1) is 0 Å². The number of para-hydroxylation sites is 1. The lowest BCUT2D eigenvalue weighted by Gasteiger charge is -2.37. The average molecular weight is 386 g/mol. The molecule has 2 aromatic carbocycles. The number of hydrogen-bond acceptors (Lipinski definition) is 3. The Kier molecular flexibility index (Phi) is 6.14. The molecule has 6 heteroatoms. The van der Waals surface area contributed by atoms with Gasteiger partial charge in [0.1, 0.15) is 0 Å². The van der Waals surface area contributed by atoms with Gasteiger partial charge in [-0.1, -0.05) is 29.8 Å². The van der Waals surface area contributed by atoms with E-state index in [9.17, 15) is 9.59 Å². The summed E-state index contributed by atoms with van der Waals surface area (Å²) < 4.78 is 0. The van der Waals surface area contributed by atoms with Crippen molar-refractivity contribution in [3.63, 3.8) is 0 Å². The summed E-state index contributed by atoms with van der Waals surface area (Å²) in [6.45, 7) is 6.42. The van der Waals surface area contributed by atoms with Gasteiger partial charge in [-0.3, -0.25) is 14.5 Å². The number of rotatable bonds is 4. The van der Waals surface area contributed by atoms with Crippen molar-refractivity contribution in [3.8, 4) is 0 Å². The van der Waals surface area contributed by atoms with Crippen molar-refractivity contribution >= 4 is 29.1 Å². The van der Waals surface area contributed by atoms with E-state index in [2.05, 4.69) is 10.2 Å². The molecular weight excluding hydrogens is 362 g/mol. The van der Waals surface area contributed by atoms with Crippen molar-refractivity contribution in [3.05, 3.63) is 64.7 Å². The lowest BCUT2D eigenvalue weighted by atomic mass is 10.1. The highest BCUT2D eigenvalue weighted by Crippen LogP contribution is 2.16. The first-order valence-corrected chi connectivity index (χ1v) is 9.49. The molecule has 142 valence electrons. The Hall–Kier alpha value is -2.37. The first-order chi connectivity index (χ1) is 13.0. The summed E-state index contributed by atoms with van der Waals surface area (Å²) in [7, 11) is 0. The highest BCUT2D eigenvalue weighted by atomic mass is 35.5. The molecule has 27 heavy (non-hydrogen) atoms. The fraction of sp³-hybridized carbons (Fsp3) is 0.333. The number of amides is 2. The quantitative estimate of drug-likeness (QED) is 0.877. The Morgan fingerprint density at radius 1 is 1.00 bits per heavy atom. The van der Waals surface area contributed by atoms with Crippen LogP contribution in [0.25, 0.3) is 0 Å². The number of aryl methyl sites for hydroxylation is 1. The summed E-state index contributed by atoms with van der Waals surface area (Å²) in [5, 5.41) is 3.61. The van der Waals surface area contributed by atoms with Crippen molar-refractivity contribution in [2.24, 2.45) is 0 Å². The van der Waals surface area contributed by atoms with Crippen LogP contribution in [0.3, 0.4) is 0 Å². The van der Waals surface area contributed by atoms with Gasteiger partial charge in [-0.25, -0.2) is 0 Å². The monoisotopic (exact) mass is 385 g/mol. The van der Waals surface area contributed by atoms with Crippen molar-refractivity contribution in [2.45, 2.75) is 19.9 Å². The van der Waals surface area contributed by atoms with Crippen LogP contribution in [0.4, 0.5) is 5.69 Å². The van der Waals surface area contributed by atoms with Crippen LogP contribution in [-0.2, 0) is 4.79 Å². The molecule has 0 aromatic heterocycles. The molecule has 1 fully saturated rings. The Balaban J connectivity index is 1.55. The number of anilines is 1. The van der Waals surface area contributed by atoms with Gasteiger partial charge in [-0.05, 0) is 49.7 Å². The van der Waals surface area contributed by atoms with E-state index in [4.69, 9.17) is 11.6 Å². The Labute approximate surface area is 164 Å². The second-order valence-corrected chi connectivity index (χ2v) is 7.25. The van der Waals surface area contributed by atoms with Crippen LogP contribution in [0, 0.1) is 6.92 Å². The third-order valence-electron chi connectivity index (χ3n) is 5.02. The van der Waals surface area contributed by atoms with Crippen molar-refractivity contribution in [1.82, 2.24) is 9.80 Å². The first-order valence-electron chi connectivity index (χ1n) is 9.11. The maximum Gasteiger partial charge on any atom is 0.253 e. The summed E-state index contributed by atoms with van der Waals surface area (Å²) >= 11 is 5.88. The van der Waals surface area contributed by atoms with Gasteiger partial charge < -0.3 is 10.2 Å². The summed E-state index contributed by atoms with van der Waals surface area (Å²) in [6.07, 6.45) is 0. The largest absolute Gasteiger partial charge is 0.336 e. The van der Waals surface area contributed by atoms with E-state index in [0.29, 0.717) is 36.8 Å². The predicted octanol–water partition coefficient (Wildman–Crippen LogP) is 3.43. The Morgan fingerprint density at radius 3 is 2.26 bits per heavy atom. The molecular formula is C21H24ClN3O2. The predicted molar refractivity (Wildman–Crippen MR) is 108 cm³/mol. The zero-order valence-electron chi connectivity index (χ0n) is 15.6. The lowest BCUT2D eigenvalue weighted by Crippen LogP contribution is -2.54. The summed E-state index contributed by atoms with van der Waals surface area (Å²) in [5.41, 5.74) is 2.51. The SMILES string of the molecule is Cc1ccccc1NC(=O)C(C)N1CCN(C(=O)c2ccc(Cl)cc2)CC1. The van der Waals surface area contributed by atoms with Crippen LogP contribution in [0.5, 0.6) is 0 Å². The minimum atomic E-state index is -0.252. The number of nitrogens with zero attached hydrogens (tertiary/aromatic N) is 2. The van der Waals surface area contributed by atoms with Crippen molar-refractivity contribution in [1.29, 1.82) is 0 Å². The standard InChI is InChI=1S/C21H24ClN3O2/c1-15-5-3-4-6-19(15)23-20(26)16(2)24-11-13-25(14-12-24)21(27)17-7-9-18(22)10-8-17/h3-10,16H,11-14H2,1-2H3,(H,23,26). The van der Waals surface area contributed by atoms with Crippen LogP contribution in [0.1, 0.15) is 22.8 Å². The van der Waals surface area contributed by atoms with Crippen LogP contribution in [-0.4, -0.2) is 53.8 Å². The van der Waals surface area contributed by atoms with Crippen molar-refractivity contribution in [2.75, 3.05) is 31.5 Å². The molecule has 1 aliphatic heterocycles. The van der Waals surface area contributed by atoms with Crippen molar-refractivity contribution < 1.29 is 9.59 Å². The van der Waals surface area contributed by atoms with E-state index in [1.54, 1.807) is 24.3 Å². The van der Waals surface area contributed by atoms with E-state index < -0.39 is 0 Å². The van der Waals surface area contributed by atoms with E-state index in [1.807, 2.05) is 43.0 Å². The molecule has 1 N–H and O–H groups in total. The highest BCUT2D eigenvalue weighted by Gasteiger charge is 2.28. The maximum atomic E-state index is 12.6. The third kappa shape index (κ3) is 4.67. The molecule has 1 unspecified atom stereocenters. The number of piperazine rings is 1. The maximum absolute atomic E-state index is 12.6. The van der Waals surface area contributed by atoms with Gasteiger partial charge in [0, 0.05) is 42.5 Å². The smallest absolute Gasteiger partial charge is 0.253 e. The lowest BCUT2D eigenvalue weighted by molar-refractivity contribution is -0.121. The second kappa shape index (κ2) is 8.55. The van der Waals surface area contributed by atoms with E-state index in [1.165, 1.54) is 0 Å². The minimum absolute atomic E-state index is 0.00308. The number of nitrogens with one attached hydrogen (secondary N) is 1. The van der Waals surface area contributed by atoms with E-state index in [-0.39, 0.29) is 17.9 Å². The van der Waals surface area contributed by atoms with Gasteiger partial charge in [0.15, 0.2) is 0 Å². The zero-order valence-corrected chi connectivity index (χ0v) is 16.4. The molecule has 2 amide bonds. The normalized spacial score (nSPS) is 16.0. The Bertz CT molecular complexity index is 814. The van der Waals surface area contributed by atoms with E-state index >= 15 is 0 Å². The molecule has 0 bridgehead atoms. The van der Waals surface area contributed by atoms with Gasteiger partial charge in [0.25, 0.3) is 5.91 Å². The molecule has 2 aromatic rings. The number of carbonyl (C=O) groups excluding carboxylic acids is 2. The summed E-state index contributed by atoms with van der Waals surface area (Å²) in [4.78, 5) is 29.1. The number of hydrogen-bond donors (Lipinski definition) is 1. The van der Waals surface area contributed by atoms with Gasteiger partial charge in [0.05, 0.1) is 6.04 Å². The number of carbonyl (C=O) groups is 2. The molecule has 5 nitrogen and oxygen atoms in total. The van der Waals surface area contributed by atoms with Crippen LogP contribution in [0.15, 0.2) is 48.5 Å². The summed E-state index contributed by atoms with van der Waals surface area (Å²) in [6, 6.07) is 14.4. The van der Waals surface area contributed by atoms with Crippen LogP contribution >= 0.6 is 11.6 Å². The van der Waals surface area contributed by atoms with Gasteiger partial charge >= 0.3 is 0 Å². The molecule has 0 saturated carbocycles. The van der Waals surface area contributed by atoms with Gasteiger partial charge in [-0.2, -0.15) is 0 Å². The molecule has 1 heterocycles. The fourth-order valence-electron chi connectivity index (χ4n) is 3.20. The zero-order chi connectivity index (χ0) is 19.4. The number of halogens is 1. The average Bonchev–Trinajstić information content (AvgIpc) is 2.69. The third-order valence-corrected chi connectivity index (χ3v) is 5.27. The highest BCUT2D eigenvalue weighted by molar-refractivity contribution is 6.30. The van der Waals surface area contributed by atoms with E-state index in [0.717, 1.165) is 11.3 Å². The summed E-state index contributed by atoms with van der Waals surface area (Å²) in [5.74, 6) is -0.0230. The first kappa shape index (κ1) is 19.4. The number of benzene rings is 2. The Morgan fingerprint density at radius 2 is 1.63 bits per heavy atom. The fourth-order valence-corrected chi connectivity index (χ4v) is 3.33. The van der Waals surface area contributed by atoms with Crippen LogP contribution in [0.2, 0.25) is 5.02 Å². The molecule has 1 atom stereocenters. The van der Waals surface area contributed by atoms with Gasteiger partial charge in [0.2, 0.25) is 5.91 Å². The topological polar surface area (TPSA) is 52.7 Å². The molecule has 0 radical (unpaired) electrons. The molecule has 0 spiro atoms. The molecule has 3 rings (SSSR count). The molecule has 0 aliphatic carbocycles. The minimum Gasteiger partial charge on any atom is -0.336 e. The second-order valence-electron chi connectivity index (χ2n) is 6.82. The molecule has 1 saturated heterocycles. The van der Waals surface area contributed by atoms with Crippen LogP contribution < -0.4 is 5.32 Å². The molecule has 1 aliphatic rings.